The van der Waals surface area contributed by atoms with E-state index in [1.54, 1.807) is 25.1 Å². The summed E-state index contributed by atoms with van der Waals surface area (Å²) in [6.45, 7) is 4.16. The lowest BCUT2D eigenvalue weighted by Crippen LogP contribution is -2.24. The number of esters is 1. The monoisotopic (exact) mass is 470 g/mol. The van der Waals surface area contributed by atoms with Gasteiger partial charge < -0.3 is 10.1 Å². The van der Waals surface area contributed by atoms with E-state index >= 15 is 0 Å². The maximum atomic E-state index is 13.5. The van der Waals surface area contributed by atoms with Crippen LogP contribution in [0.5, 0.6) is 0 Å². The molecular weight excluding hydrogens is 443 g/mol. The van der Waals surface area contributed by atoms with Crippen LogP contribution in [0.15, 0.2) is 60.2 Å². The molecule has 5 nitrogen and oxygen atoms in total. The number of pyridine rings is 1. The first-order valence-corrected chi connectivity index (χ1v) is 11.9. The molecule has 0 aliphatic heterocycles. The van der Waals surface area contributed by atoms with E-state index in [9.17, 15) is 14.0 Å². The van der Waals surface area contributed by atoms with Gasteiger partial charge in [-0.15, -0.1) is 0 Å². The van der Waals surface area contributed by atoms with Gasteiger partial charge in [0.15, 0.2) is 0 Å². The number of benzene rings is 2. The molecule has 1 saturated carbocycles. The molecule has 1 heterocycles. The number of carbonyl (C=O) groups excluding carboxylic acids is 2. The average Bonchev–Trinajstić information content (AvgIpc) is 3.64. The first-order chi connectivity index (χ1) is 16.9. The number of aryl methyl sites for hydroxylation is 1. The van der Waals surface area contributed by atoms with Gasteiger partial charge in [-0.05, 0) is 91.1 Å². The number of carbonyl (C=O) groups is 2. The molecule has 6 heteroatoms. The lowest BCUT2D eigenvalue weighted by molar-refractivity contribution is -0.138. The number of rotatable bonds is 6. The van der Waals surface area contributed by atoms with Crippen molar-refractivity contribution >= 4 is 18.0 Å². The van der Waals surface area contributed by atoms with Gasteiger partial charge in [-0.2, -0.15) is 0 Å². The van der Waals surface area contributed by atoms with Gasteiger partial charge >= 0.3 is 5.97 Å². The fourth-order valence-electron chi connectivity index (χ4n) is 4.76. The zero-order chi connectivity index (χ0) is 24.5. The summed E-state index contributed by atoms with van der Waals surface area (Å²) in [4.78, 5) is 29.8. The Balaban J connectivity index is 1.37. The Morgan fingerprint density at radius 2 is 2.00 bits per heavy atom. The molecule has 178 valence electrons. The zero-order valence-corrected chi connectivity index (χ0v) is 19.8. The SMILES string of the molecule is CCOC(=O)C1=Cc2cc(-c3cccc(C(=O)NCc4ccc(F)c(C)c4)n3)ccc2C2CC2C1. The molecule has 5 rings (SSSR count). The van der Waals surface area contributed by atoms with Gasteiger partial charge in [0.25, 0.3) is 5.91 Å². The molecule has 2 atom stereocenters. The third-order valence-corrected chi connectivity index (χ3v) is 6.71. The van der Waals surface area contributed by atoms with E-state index in [0.717, 1.165) is 29.5 Å². The first-order valence-electron chi connectivity index (χ1n) is 11.9. The number of fused-ring (bicyclic) bond motifs is 3. The van der Waals surface area contributed by atoms with Gasteiger partial charge in [0.1, 0.15) is 11.5 Å². The number of halogens is 1. The second kappa shape index (κ2) is 9.45. The second-order valence-corrected chi connectivity index (χ2v) is 9.21. The van der Waals surface area contributed by atoms with Gasteiger partial charge in [-0.1, -0.05) is 30.3 Å². The van der Waals surface area contributed by atoms with Crippen molar-refractivity contribution in [3.05, 3.63) is 93.9 Å². The summed E-state index contributed by atoms with van der Waals surface area (Å²) in [6, 6.07) is 16.3. The molecule has 1 N–H and O–H groups in total. The van der Waals surface area contributed by atoms with E-state index in [2.05, 4.69) is 16.4 Å². The largest absolute Gasteiger partial charge is 0.463 e. The standard InChI is InChI=1S/C29H27FN2O3/c1-3-35-29(34)22-13-20-12-19(8-9-23(20)24-15-21(24)14-22)26-5-4-6-27(32-26)28(33)31-16-18-7-10-25(30)17(2)11-18/h4-13,21,24H,3,14-16H2,1-2H3,(H,31,33). The molecule has 1 aromatic heterocycles. The Bertz CT molecular complexity index is 1350. The van der Waals surface area contributed by atoms with Gasteiger partial charge in [0, 0.05) is 17.7 Å². The minimum Gasteiger partial charge on any atom is -0.463 e. The lowest BCUT2D eigenvalue weighted by atomic mass is 9.98. The van der Waals surface area contributed by atoms with Gasteiger partial charge in [-0.25, -0.2) is 14.2 Å². The topological polar surface area (TPSA) is 68.3 Å². The van der Waals surface area contributed by atoms with Gasteiger partial charge in [-0.3, -0.25) is 4.79 Å². The lowest BCUT2D eigenvalue weighted by Gasteiger charge is -2.10. The predicted octanol–water partition coefficient (Wildman–Crippen LogP) is 5.58. The first kappa shape index (κ1) is 23.0. The number of ether oxygens (including phenoxy) is 1. The van der Waals surface area contributed by atoms with E-state index in [1.807, 2.05) is 37.3 Å². The van der Waals surface area contributed by atoms with E-state index in [4.69, 9.17) is 4.74 Å². The van der Waals surface area contributed by atoms with E-state index < -0.39 is 0 Å². The number of aromatic nitrogens is 1. The van der Waals surface area contributed by atoms with Crippen LogP contribution in [-0.2, 0) is 16.1 Å². The third-order valence-electron chi connectivity index (χ3n) is 6.71. The molecule has 3 aromatic rings. The summed E-state index contributed by atoms with van der Waals surface area (Å²) < 4.78 is 18.8. The highest BCUT2D eigenvalue weighted by molar-refractivity contribution is 5.95. The van der Waals surface area contributed by atoms with Crippen LogP contribution in [0.3, 0.4) is 0 Å². The molecular formula is C29H27FN2O3. The summed E-state index contributed by atoms with van der Waals surface area (Å²) in [7, 11) is 0. The molecule has 2 aliphatic rings. The molecule has 2 aliphatic carbocycles. The Morgan fingerprint density at radius 3 is 2.80 bits per heavy atom. The van der Waals surface area contributed by atoms with Crippen LogP contribution in [0, 0.1) is 18.7 Å². The molecule has 0 spiro atoms. The van der Waals surface area contributed by atoms with Gasteiger partial charge in [0.2, 0.25) is 0 Å². The maximum Gasteiger partial charge on any atom is 0.334 e. The highest BCUT2D eigenvalue weighted by Crippen LogP contribution is 2.54. The van der Waals surface area contributed by atoms with E-state index in [-0.39, 0.29) is 24.2 Å². The molecule has 0 bridgehead atoms. The molecule has 0 radical (unpaired) electrons. The normalized spacial score (nSPS) is 18.0. The molecule has 35 heavy (non-hydrogen) atoms. The van der Waals surface area contributed by atoms with Crippen LogP contribution >= 0.6 is 0 Å². The third kappa shape index (κ3) is 4.87. The summed E-state index contributed by atoms with van der Waals surface area (Å²) in [5.74, 6) is 0.158. The summed E-state index contributed by atoms with van der Waals surface area (Å²) in [5, 5.41) is 2.86. The Morgan fingerprint density at radius 1 is 1.14 bits per heavy atom. The highest BCUT2D eigenvalue weighted by Gasteiger charge is 2.42. The minimum atomic E-state index is -0.297. The van der Waals surface area contributed by atoms with E-state index in [1.165, 1.54) is 11.6 Å². The van der Waals surface area contributed by atoms with Crippen molar-refractivity contribution in [2.45, 2.75) is 39.2 Å². The van der Waals surface area contributed by atoms with Crippen LogP contribution in [0.25, 0.3) is 17.3 Å². The minimum absolute atomic E-state index is 0.246. The number of hydrogen-bond acceptors (Lipinski definition) is 4. The summed E-state index contributed by atoms with van der Waals surface area (Å²) in [6.07, 6.45) is 3.78. The van der Waals surface area contributed by atoms with Crippen molar-refractivity contribution in [1.82, 2.24) is 10.3 Å². The predicted molar refractivity (Wildman–Crippen MR) is 132 cm³/mol. The van der Waals surface area contributed by atoms with Crippen LogP contribution < -0.4 is 5.32 Å². The van der Waals surface area contributed by atoms with Crippen LogP contribution in [0.1, 0.15) is 58.4 Å². The van der Waals surface area contributed by atoms with Crippen molar-refractivity contribution in [3.63, 3.8) is 0 Å². The summed E-state index contributed by atoms with van der Waals surface area (Å²) in [5.41, 5.74) is 6.21. The molecule has 1 amide bonds. The van der Waals surface area contributed by atoms with E-state index in [0.29, 0.717) is 41.0 Å². The highest BCUT2D eigenvalue weighted by atomic mass is 19.1. The zero-order valence-electron chi connectivity index (χ0n) is 19.8. The van der Waals surface area contributed by atoms with Crippen LogP contribution in [0.4, 0.5) is 4.39 Å². The fraction of sp³-hybridized carbons (Fsp3) is 0.276. The molecule has 0 saturated heterocycles. The molecule has 2 aromatic carbocycles. The van der Waals surface area contributed by atoms with Crippen molar-refractivity contribution < 1.29 is 18.7 Å². The second-order valence-electron chi connectivity index (χ2n) is 9.21. The van der Waals surface area contributed by atoms with Crippen molar-refractivity contribution in [1.29, 1.82) is 0 Å². The molecule has 2 unspecified atom stereocenters. The van der Waals surface area contributed by atoms with Crippen LogP contribution in [0.2, 0.25) is 0 Å². The Labute approximate surface area is 204 Å². The Kier molecular flexibility index (Phi) is 6.20. The summed E-state index contributed by atoms with van der Waals surface area (Å²) >= 11 is 0. The number of nitrogens with zero attached hydrogens (tertiary/aromatic N) is 1. The number of hydrogen-bond donors (Lipinski definition) is 1. The fourth-order valence-corrected chi connectivity index (χ4v) is 4.76. The quantitative estimate of drug-likeness (QED) is 0.478. The van der Waals surface area contributed by atoms with Crippen LogP contribution in [-0.4, -0.2) is 23.5 Å². The molecule has 1 fully saturated rings. The number of amides is 1. The number of nitrogens with one attached hydrogen (secondary N) is 1. The smallest absolute Gasteiger partial charge is 0.334 e. The van der Waals surface area contributed by atoms with Gasteiger partial charge in [0.05, 0.1) is 12.3 Å². The van der Waals surface area contributed by atoms with Crippen molar-refractivity contribution in [3.8, 4) is 11.3 Å². The van der Waals surface area contributed by atoms with Crippen molar-refractivity contribution in [2.24, 2.45) is 5.92 Å². The Hall–Kier alpha value is -3.80. The van der Waals surface area contributed by atoms with Crippen molar-refractivity contribution in [2.75, 3.05) is 6.61 Å². The average molecular weight is 471 g/mol. The maximum absolute atomic E-state index is 13.5.